The van der Waals surface area contributed by atoms with E-state index in [0.717, 1.165) is 0 Å². The fourth-order valence-corrected chi connectivity index (χ4v) is 1.66. The van der Waals surface area contributed by atoms with E-state index in [4.69, 9.17) is 0 Å². The second-order valence-electron chi connectivity index (χ2n) is 3.08. The highest BCUT2D eigenvalue weighted by Crippen LogP contribution is 2.35. The van der Waals surface area contributed by atoms with Crippen molar-refractivity contribution in [3.63, 3.8) is 0 Å². The average molecular weight is 274 g/mol. The van der Waals surface area contributed by atoms with Gasteiger partial charge in [0.05, 0.1) is 9.40 Å². The molecule has 0 unspecified atom stereocenters. The maximum absolute atomic E-state index is 10.8. The molecule has 6 heteroatoms. The number of phenolic OH excluding ortho intramolecular Hbond substituents is 1. The predicted octanol–water partition coefficient (Wildman–Crippen LogP) is 2.19. The summed E-state index contributed by atoms with van der Waals surface area (Å²) in [6, 6.07) is 2.69. The fraction of sp³-hybridized carbons (Fsp3) is 0.222. The van der Waals surface area contributed by atoms with Crippen molar-refractivity contribution in [1.82, 2.24) is 0 Å². The molecule has 0 heterocycles. The second-order valence-corrected chi connectivity index (χ2v) is 3.94. The standard InChI is InChI=1S/C9H8BrNO4/c1-5(12)2-6-3-7(10)9(13)8(4-6)11(14)15/h3-4,13H,2H2,1H3. The number of nitro groups is 1. The van der Waals surface area contributed by atoms with Gasteiger partial charge in [0, 0.05) is 12.5 Å². The summed E-state index contributed by atoms with van der Waals surface area (Å²) in [7, 11) is 0. The molecule has 0 fully saturated rings. The molecule has 1 aromatic rings. The lowest BCUT2D eigenvalue weighted by molar-refractivity contribution is -0.386. The summed E-state index contributed by atoms with van der Waals surface area (Å²) in [5, 5.41) is 19.9. The van der Waals surface area contributed by atoms with E-state index in [1.165, 1.54) is 19.1 Å². The minimum atomic E-state index is -0.691. The zero-order chi connectivity index (χ0) is 11.6. The van der Waals surface area contributed by atoms with Crippen LogP contribution in [0.15, 0.2) is 16.6 Å². The molecule has 0 amide bonds. The van der Waals surface area contributed by atoms with Crippen LogP contribution >= 0.6 is 15.9 Å². The van der Waals surface area contributed by atoms with Crippen molar-refractivity contribution in [2.45, 2.75) is 13.3 Å². The minimum absolute atomic E-state index is 0.0955. The molecule has 1 aromatic carbocycles. The molecule has 0 radical (unpaired) electrons. The normalized spacial score (nSPS) is 10.0. The highest BCUT2D eigenvalue weighted by atomic mass is 79.9. The van der Waals surface area contributed by atoms with Crippen LogP contribution in [0.2, 0.25) is 0 Å². The van der Waals surface area contributed by atoms with Crippen molar-refractivity contribution in [3.05, 3.63) is 32.3 Å². The van der Waals surface area contributed by atoms with Gasteiger partial charge in [0.1, 0.15) is 5.78 Å². The molecule has 0 aliphatic carbocycles. The Kier molecular flexibility index (Phi) is 3.41. The number of aromatic hydroxyl groups is 1. The summed E-state index contributed by atoms with van der Waals surface area (Å²) in [4.78, 5) is 20.7. The molecule has 1 rings (SSSR count). The number of phenols is 1. The third kappa shape index (κ3) is 2.76. The number of hydrogen-bond acceptors (Lipinski definition) is 4. The van der Waals surface area contributed by atoms with Crippen molar-refractivity contribution in [1.29, 1.82) is 0 Å². The SMILES string of the molecule is CC(=O)Cc1cc(Br)c(O)c([N+](=O)[O-])c1. The van der Waals surface area contributed by atoms with Gasteiger partial charge in [-0.3, -0.25) is 14.9 Å². The highest BCUT2D eigenvalue weighted by Gasteiger charge is 2.18. The van der Waals surface area contributed by atoms with Gasteiger partial charge in [-0.05, 0) is 34.5 Å². The molecule has 0 aliphatic heterocycles. The smallest absolute Gasteiger partial charge is 0.312 e. The number of halogens is 1. The molecule has 80 valence electrons. The van der Waals surface area contributed by atoms with E-state index < -0.39 is 16.4 Å². The Morgan fingerprint density at radius 1 is 1.60 bits per heavy atom. The van der Waals surface area contributed by atoms with E-state index in [1.807, 2.05) is 0 Å². The van der Waals surface area contributed by atoms with E-state index in [2.05, 4.69) is 15.9 Å². The Bertz CT molecular complexity index is 430. The number of hydrogen-bond donors (Lipinski definition) is 1. The largest absolute Gasteiger partial charge is 0.501 e. The van der Waals surface area contributed by atoms with Crippen molar-refractivity contribution in [2.24, 2.45) is 0 Å². The van der Waals surface area contributed by atoms with Crippen LogP contribution < -0.4 is 0 Å². The van der Waals surface area contributed by atoms with Crippen LogP contribution in [-0.2, 0) is 11.2 Å². The molecule has 0 aliphatic rings. The molecule has 0 saturated carbocycles. The van der Waals surface area contributed by atoms with Gasteiger partial charge in [0.2, 0.25) is 5.75 Å². The highest BCUT2D eigenvalue weighted by molar-refractivity contribution is 9.10. The molecule has 0 bridgehead atoms. The first-order chi connectivity index (χ1) is 6.91. The van der Waals surface area contributed by atoms with Crippen LogP contribution in [0.1, 0.15) is 12.5 Å². The molecule has 1 N–H and O–H groups in total. The number of nitro benzene ring substituents is 1. The summed E-state index contributed by atoms with van der Waals surface area (Å²) >= 11 is 2.99. The van der Waals surface area contributed by atoms with Crippen molar-refractivity contribution in [3.8, 4) is 5.75 Å². The fourth-order valence-electron chi connectivity index (χ4n) is 1.17. The van der Waals surface area contributed by atoms with Gasteiger partial charge in [-0.15, -0.1) is 0 Å². The first-order valence-electron chi connectivity index (χ1n) is 4.07. The number of ketones is 1. The topological polar surface area (TPSA) is 80.4 Å². The van der Waals surface area contributed by atoms with Crippen LogP contribution in [-0.4, -0.2) is 15.8 Å². The lowest BCUT2D eigenvalue weighted by Gasteiger charge is -2.02. The average Bonchev–Trinajstić information content (AvgIpc) is 2.09. The molecule has 0 atom stereocenters. The summed E-state index contributed by atoms with van der Waals surface area (Å²) < 4.78 is 0.216. The van der Waals surface area contributed by atoms with Gasteiger partial charge < -0.3 is 5.11 Å². The van der Waals surface area contributed by atoms with Crippen LogP contribution in [0.4, 0.5) is 5.69 Å². The van der Waals surface area contributed by atoms with E-state index in [0.29, 0.717) is 5.56 Å². The predicted molar refractivity (Wildman–Crippen MR) is 56.8 cm³/mol. The van der Waals surface area contributed by atoms with Crippen LogP contribution in [0, 0.1) is 10.1 Å². The van der Waals surface area contributed by atoms with E-state index in [9.17, 15) is 20.0 Å². The molecular weight excluding hydrogens is 266 g/mol. The van der Waals surface area contributed by atoms with Gasteiger partial charge in [0.15, 0.2) is 0 Å². The van der Waals surface area contributed by atoms with Gasteiger partial charge in [-0.25, -0.2) is 0 Å². The summed E-state index contributed by atoms with van der Waals surface area (Å²) in [6.45, 7) is 1.40. The lowest BCUT2D eigenvalue weighted by atomic mass is 10.1. The lowest BCUT2D eigenvalue weighted by Crippen LogP contribution is -1.98. The Labute approximate surface area is 94.0 Å². The maximum atomic E-state index is 10.8. The van der Waals surface area contributed by atoms with Crippen molar-refractivity contribution >= 4 is 27.4 Å². The summed E-state index contributed by atoms with van der Waals surface area (Å²) in [6.07, 6.45) is 0.111. The zero-order valence-electron chi connectivity index (χ0n) is 7.86. The zero-order valence-corrected chi connectivity index (χ0v) is 9.44. The molecule has 0 aromatic heterocycles. The van der Waals surface area contributed by atoms with E-state index >= 15 is 0 Å². The molecule has 5 nitrogen and oxygen atoms in total. The monoisotopic (exact) mass is 273 g/mol. The summed E-state index contributed by atoms with van der Waals surface area (Å²) in [5.41, 5.74) is 0.0968. The number of carbonyl (C=O) groups excluding carboxylic acids is 1. The van der Waals surface area contributed by atoms with E-state index in [-0.39, 0.29) is 16.7 Å². The molecule has 15 heavy (non-hydrogen) atoms. The van der Waals surface area contributed by atoms with Crippen LogP contribution in [0.25, 0.3) is 0 Å². The van der Waals surface area contributed by atoms with E-state index in [1.54, 1.807) is 0 Å². The maximum Gasteiger partial charge on any atom is 0.312 e. The Hall–Kier alpha value is -1.43. The third-order valence-electron chi connectivity index (χ3n) is 1.75. The number of rotatable bonds is 3. The Morgan fingerprint density at radius 2 is 2.20 bits per heavy atom. The van der Waals surface area contributed by atoms with Gasteiger partial charge in [-0.1, -0.05) is 0 Å². The number of carbonyl (C=O) groups is 1. The quantitative estimate of drug-likeness (QED) is 0.676. The molecule has 0 saturated heterocycles. The van der Waals surface area contributed by atoms with Crippen LogP contribution in [0.3, 0.4) is 0 Å². The number of Topliss-reactive ketones (excluding diaryl/α,β-unsaturated/α-hetero) is 1. The molecule has 0 spiro atoms. The van der Waals surface area contributed by atoms with Gasteiger partial charge in [-0.2, -0.15) is 0 Å². The third-order valence-corrected chi connectivity index (χ3v) is 2.36. The van der Waals surface area contributed by atoms with Crippen molar-refractivity contribution < 1.29 is 14.8 Å². The molecular formula is C9H8BrNO4. The van der Waals surface area contributed by atoms with Crippen LogP contribution in [0.5, 0.6) is 5.75 Å². The first kappa shape index (κ1) is 11.6. The Morgan fingerprint density at radius 3 is 2.67 bits per heavy atom. The van der Waals surface area contributed by atoms with Gasteiger partial charge in [0.25, 0.3) is 0 Å². The minimum Gasteiger partial charge on any atom is -0.501 e. The number of benzene rings is 1. The van der Waals surface area contributed by atoms with Crippen molar-refractivity contribution in [2.75, 3.05) is 0 Å². The Balaban J connectivity index is 3.23. The van der Waals surface area contributed by atoms with Gasteiger partial charge >= 0.3 is 5.69 Å². The second kappa shape index (κ2) is 4.39. The first-order valence-corrected chi connectivity index (χ1v) is 4.86. The number of nitrogens with zero attached hydrogens (tertiary/aromatic N) is 1. The summed E-state index contributed by atoms with van der Waals surface area (Å²) in [5.74, 6) is -0.519.